The number of anilines is 1. The van der Waals surface area contributed by atoms with E-state index in [0.717, 1.165) is 49.0 Å². The summed E-state index contributed by atoms with van der Waals surface area (Å²) in [6.45, 7) is 5.24. The lowest BCUT2D eigenvalue weighted by Crippen LogP contribution is -2.46. The van der Waals surface area contributed by atoms with Crippen molar-refractivity contribution < 1.29 is 4.79 Å². The van der Waals surface area contributed by atoms with Crippen LogP contribution in [-0.2, 0) is 13.1 Å². The summed E-state index contributed by atoms with van der Waals surface area (Å²) in [7, 11) is 0. The van der Waals surface area contributed by atoms with Gasteiger partial charge in [-0.1, -0.05) is 41.9 Å². The van der Waals surface area contributed by atoms with Crippen LogP contribution in [0, 0.1) is 0 Å². The third-order valence-electron chi connectivity index (χ3n) is 5.36. The van der Waals surface area contributed by atoms with Crippen LogP contribution in [0.5, 0.6) is 0 Å². The van der Waals surface area contributed by atoms with E-state index in [1.54, 1.807) is 12.4 Å². The molecule has 1 aliphatic rings. The van der Waals surface area contributed by atoms with Crippen LogP contribution in [0.15, 0.2) is 73.1 Å². The average Bonchev–Trinajstić information content (AvgIpc) is 2.80. The van der Waals surface area contributed by atoms with Gasteiger partial charge in [0.1, 0.15) is 0 Å². The van der Waals surface area contributed by atoms with E-state index in [1.165, 1.54) is 5.56 Å². The van der Waals surface area contributed by atoms with Crippen molar-refractivity contribution in [1.82, 2.24) is 15.2 Å². The molecule has 0 radical (unpaired) electrons. The molecule has 3 aromatic rings. The predicted molar refractivity (Wildman–Crippen MR) is 121 cm³/mol. The number of hydrogen-bond acceptors (Lipinski definition) is 4. The van der Waals surface area contributed by atoms with Crippen molar-refractivity contribution >= 4 is 23.2 Å². The molecule has 2 aromatic carbocycles. The van der Waals surface area contributed by atoms with Crippen LogP contribution in [0.4, 0.5) is 5.69 Å². The maximum atomic E-state index is 12.4. The number of rotatable bonds is 6. The maximum Gasteiger partial charge on any atom is 0.251 e. The molecule has 1 amide bonds. The summed E-state index contributed by atoms with van der Waals surface area (Å²) in [6.07, 6.45) is 3.48. The van der Waals surface area contributed by atoms with E-state index in [2.05, 4.69) is 26.2 Å². The van der Waals surface area contributed by atoms with E-state index in [4.69, 9.17) is 11.6 Å². The number of hydrogen-bond donors (Lipinski definition) is 1. The van der Waals surface area contributed by atoms with Gasteiger partial charge >= 0.3 is 0 Å². The lowest BCUT2D eigenvalue weighted by Gasteiger charge is -2.36. The van der Waals surface area contributed by atoms with Gasteiger partial charge in [0.25, 0.3) is 5.91 Å². The number of nitrogens with one attached hydrogen (secondary N) is 1. The molecule has 1 fully saturated rings. The Labute approximate surface area is 182 Å². The van der Waals surface area contributed by atoms with Crippen molar-refractivity contribution in [2.45, 2.75) is 13.1 Å². The molecule has 6 heteroatoms. The molecule has 5 nitrogen and oxygen atoms in total. The van der Waals surface area contributed by atoms with E-state index in [1.807, 2.05) is 54.6 Å². The highest BCUT2D eigenvalue weighted by Gasteiger charge is 2.18. The van der Waals surface area contributed by atoms with Crippen LogP contribution in [0.3, 0.4) is 0 Å². The van der Waals surface area contributed by atoms with Gasteiger partial charge < -0.3 is 10.2 Å². The summed E-state index contributed by atoms with van der Waals surface area (Å²) < 4.78 is 0. The second kappa shape index (κ2) is 9.74. The first kappa shape index (κ1) is 20.4. The fourth-order valence-electron chi connectivity index (χ4n) is 3.66. The number of pyridine rings is 1. The quantitative estimate of drug-likeness (QED) is 0.655. The summed E-state index contributed by atoms with van der Waals surface area (Å²) in [5.74, 6) is -0.0706. The molecule has 154 valence electrons. The number of nitrogens with zero attached hydrogens (tertiary/aromatic N) is 3. The Morgan fingerprint density at radius 2 is 1.70 bits per heavy atom. The minimum absolute atomic E-state index is 0.0706. The van der Waals surface area contributed by atoms with E-state index < -0.39 is 0 Å². The van der Waals surface area contributed by atoms with Crippen LogP contribution in [-0.4, -0.2) is 42.0 Å². The van der Waals surface area contributed by atoms with Crippen molar-refractivity contribution in [2.75, 3.05) is 31.1 Å². The molecule has 0 spiro atoms. The van der Waals surface area contributed by atoms with Gasteiger partial charge in [0, 0.05) is 57.2 Å². The van der Waals surface area contributed by atoms with Crippen LogP contribution in [0.2, 0.25) is 5.02 Å². The number of halogens is 1. The molecule has 0 aliphatic carbocycles. The molecular formula is C24H25ClN4O. The number of aromatic nitrogens is 1. The molecule has 30 heavy (non-hydrogen) atoms. The smallest absolute Gasteiger partial charge is 0.251 e. The highest BCUT2D eigenvalue weighted by molar-refractivity contribution is 6.33. The minimum atomic E-state index is -0.0706. The molecule has 2 heterocycles. The van der Waals surface area contributed by atoms with Crippen molar-refractivity contribution in [3.05, 3.63) is 94.8 Å². The number of benzene rings is 2. The molecule has 1 aliphatic heterocycles. The molecule has 1 aromatic heterocycles. The Balaban J connectivity index is 1.27. The zero-order valence-corrected chi connectivity index (χ0v) is 17.6. The van der Waals surface area contributed by atoms with Crippen molar-refractivity contribution in [3.63, 3.8) is 0 Å². The van der Waals surface area contributed by atoms with Gasteiger partial charge in [0.15, 0.2) is 0 Å². The molecule has 0 bridgehead atoms. The Kier molecular flexibility index (Phi) is 6.62. The van der Waals surface area contributed by atoms with Gasteiger partial charge in [-0.15, -0.1) is 0 Å². The summed E-state index contributed by atoms with van der Waals surface area (Å²) in [5.41, 5.74) is 3.98. The minimum Gasteiger partial charge on any atom is -0.368 e. The lowest BCUT2D eigenvalue weighted by atomic mass is 10.1. The van der Waals surface area contributed by atoms with Crippen LogP contribution < -0.4 is 10.2 Å². The van der Waals surface area contributed by atoms with E-state index in [9.17, 15) is 4.79 Å². The van der Waals surface area contributed by atoms with Gasteiger partial charge in [0.2, 0.25) is 0 Å². The number of carbonyl (C=O) groups excluding carboxylic acids is 1. The Hall–Kier alpha value is -2.89. The number of piperazine rings is 1. The largest absolute Gasteiger partial charge is 0.368 e. The third-order valence-corrected chi connectivity index (χ3v) is 5.68. The molecule has 0 saturated carbocycles. The first-order valence-electron chi connectivity index (χ1n) is 10.2. The summed E-state index contributed by atoms with van der Waals surface area (Å²) in [4.78, 5) is 21.2. The summed E-state index contributed by atoms with van der Waals surface area (Å²) in [6, 6.07) is 19.7. The summed E-state index contributed by atoms with van der Waals surface area (Å²) >= 11 is 6.33. The third kappa shape index (κ3) is 5.17. The zero-order valence-electron chi connectivity index (χ0n) is 16.8. The van der Waals surface area contributed by atoms with E-state index in [-0.39, 0.29) is 5.91 Å². The Morgan fingerprint density at radius 3 is 2.40 bits per heavy atom. The lowest BCUT2D eigenvalue weighted by molar-refractivity contribution is 0.0951. The van der Waals surface area contributed by atoms with Crippen LogP contribution in [0.25, 0.3) is 0 Å². The Morgan fingerprint density at radius 1 is 0.933 bits per heavy atom. The highest BCUT2D eigenvalue weighted by Crippen LogP contribution is 2.26. The molecule has 0 unspecified atom stereocenters. The van der Waals surface area contributed by atoms with Gasteiger partial charge in [-0.05, 0) is 41.5 Å². The number of amides is 1. The normalized spacial score (nSPS) is 14.5. The van der Waals surface area contributed by atoms with Crippen molar-refractivity contribution in [1.29, 1.82) is 0 Å². The van der Waals surface area contributed by atoms with E-state index in [0.29, 0.717) is 12.1 Å². The second-order valence-corrected chi connectivity index (χ2v) is 7.86. The molecule has 1 saturated heterocycles. The monoisotopic (exact) mass is 420 g/mol. The predicted octanol–water partition coefficient (Wildman–Crippen LogP) is 3.99. The van der Waals surface area contributed by atoms with Gasteiger partial charge in [-0.2, -0.15) is 0 Å². The molecule has 4 rings (SSSR count). The van der Waals surface area contributed by atoms with Gasteiger partial charge in [-0.3, -0.25) is 14.7 Å². The topological polar surface area (TPSA) is 48.5 Å². The molecule has 0 atom stereocenters. The first-order valence-corrected chi connectivity index (χ1v) is 10.5. The first-order chi connectivity index (χ1) is 14.7. The standard InChI is InChI=1S/C24H25ClN4O/c25-22-5-1-2-6-23(22)29-14-12-28(13-15-29)18-19-7-9-21(10-8-19)24(30)27-17-20-4-3-11-26-16-20/h1-11,16H,12-15,17-18H2,(H,27,30). The highest BCUT2D eigenvalue weighted by atomic mass is 35.5. The maximum absolute atomic E-state index is 12.4. The number of para-hydroxylation sites is 1. The van der Waals surface area contributed by atoms with Crippen molar-refractivity contribution in [2.24, 2.45) is 0 Å². The van der Waals surface area contributed by atoms with E-state index >= 15 is 0 Å². The van der Waals surface area contributed by atoms with Crippen LogP contribution in [0.1, 0.15) is 21.5 Å². The zero-order chi connectivity index (χ0) is 20.8. The SMILES string of the molecule is O=C(NCc1cccnc1)c1ccc(CN2CCN(c3ccccc3Cl)CC2)cc1. The molecular weight excluding hydrogens is 396 g/mol. The Bertz CT molecular complexity index is 970. The van der Waals surface area contributed by atoms with Crippen molar-refractivity contribution in [3.8, 4) is 0 Å². The average molecular weight is 421 g/mol. The number of carbonyl (C=O) groups is 1. The van der Waals surface area contributed by atoms with Gasteiger partial charge in [-0.25, -0.2) is 0 Å². The summed E-state index contributed by atoms with van der Waals surface area (Å²) in [5, 5.41) is 3.74. The molecule has 1 N–H and O–H groups in total. The fourth-order valence-corrected chi connectivity index (χ4v) is 3.92. The van der Waals surface area contributed by atoms with Crippen LogP contribution >= 0.6 is 11.6 Å². The second-order valence-electron chi connectivity index (χ2n) is 7.46. The van der Waals surface area contributed by atoms with Gasteiger partial charge in [0.05, 0.1) is 10.7 Å². The fraction of sp³-hybridized carbons (Fsp3) is 0.250.